The normalized spacial score (nSPS) is 10.3. The summed E-state index contributed by atoms with van der Waals surface area (Å²) in [7, 11) is 2.44. The molecule has 0 aliphatic carbocycles. The molecule has 1 aromatic heterocycles. The van der Waals surface area contributed by atoms with E-state index in [4.69, 9.17) is 9.47 Å². The van der Waals surface area contributed by atoms with Crippen molar-refractivity contribution in [2.75, 3.05) is 14.2 Å². The lowest BCUT2D eigenvalue weighted by Crippen LogP contribution is -2.16. The molecule has 2 rings (SSSR count). The number of carbonyl (C=O) groups excluding carboxylic acids is 3. The van der Waals surface area contributed by atoms with Crippen LogP contribution in [-0.2, 0) is 20.7 Å². The largest absolute Gasteiger partial charge is 0.465 e. The molecule has 0 saturated heterocycles. The van der Waals surface area contributed by atoms with Crippen molar-refractivity contribution in [1.29, 1.82) is 0 Å². The van der Waals surface area contributed by atoms with Crippen molar-refractivity contribution in [2.45, 2.75) is 13.3 Å². The number of benzene rings is 1. The number of hydrogen-bond donors (Lipinski definition) is 0. The minimum Gasteiger partial charge on any atom is -0.465 e. The topological polar surface area (TPSA) is 82.6 Å². The summed E-state index contributed by atoms with van der Waals surface area (Å²) >= 11 is 0. The van der Waals surface area contributed by atoms with Gasteiger partial charge in [-0.25, -0.2) is 9.59 Å². The number of Topliss-reactive ketones (excluding diaryl/α,β-unsaturated/α-hetero) is 1. The van der Waals surface area contributed by atoms with Gasteiger partial charge in [-0.05, 0) is 30.0 Å². The van der Waals surface area contributed by atoms with E-state index in [9.17, 15) is 14.4 Å². The Morgan fingerprint density at radius 3 is 2.41 bits per heavy atom. The second-order valence-electron chi connectivity index (χ2n) is 4.74. The van der Waals surface area contributed by atoms with Crippen LogP contribution < -0.4 is 0 Å². The zero-order valence-electron chi connectivity index (χ0n) is 12.5. The average Bonchev–Trinajstić information content (AvgIpc) is 2.52. The molecule has 6 heteroatoms. The van der Waals surface area contributed by atoms with Crippen molar-refractivity contribution in [3.8, 4) is 0 Å². The fraction of sp³-hybridized carbons (Fsp3) is 0.250. The Hall–Kier alpha value is -2.76. The van der Waals surface area contributed by atoms with E-state index in [1.165, 1.54) is 21.1 Å². The number of nitrogens with zero attached hydrogens (tertiary/aromatic N) is 1. The van der Waals surface area contributed by atoms with Crippen LogP contribution in [-0.4, -0.2) is 36.9 Å². The Morgan fingerprint density at radius 1 is 1.14 bits per heavy atom. The molecule has 0 spiro atoms. The van der Waals surface area contributed by atoms with Gasteiger partial charge in [-0.1, -0.05) is 0 Å². The van der Waals surface area contributed by atoms with Gasteiger partial charge in [0.25, 0.3) is 0 Å². The zero-order valence-corrected chi connectivity index (χ0v) is 12.5. The number of esters is 2. The molecule has 114 valence electrons. The van der Waals surface area contributed by atoms with Crippen molar-refractivity contribution in [3.05, 3.63) is 41.2 Å². The standard InChI is InChI=1S/C16H15NO5/c1-9(18)6-11-13-8-17-5-4-10(13)7-12(15(19)21-2)14(11)16(20)22-3/h4-5,7-8H,6H2,1-3H3. The Morgan fingerprint density at radius 2 is 1.82 bits per heavy atom. The van der Waals surface area contributed by atoms with Gasteiger partial charge in [0, 0.05) is 24.2 Å². The first-order valence-electron chi connectivity index (χ1n) is 6.55. The Labute approximate surface area is 127 Å². The summed E-state index contributed by atoms with van der Waals surface area (Å²) in [6.45, 7) is 1.41. The quantitative estimate of drug-likeness (QED) is 0.803. The zero-order chi connectivity index (χ0) is 16.3. The Kier molecular flexibility index (Phi) is 4.50. The van der Waals surface area contributed by atoms with E-state index in [0.717, 1.165) is 0 Å². The molecule has 0 amide bonds. The van der Waals surface area contributed by atoms with E-state index in [1.807, 2.05) is 0 Å². The highest BCUT2D eigenvalue weighted by atomic mass is 16.5. The highest BCUT2D eigenvalue weighted by molar-refractivity contribution is 6.10. The molecule has 0 aliphatic rings. The van der Waals surface area contributed by atoms with Crippen LogP contribution in [0.2, 0.25) is 0 Å². The first-order chi connectivity index (χ1) is 10.5. The molecule has 22 heavy (non-hydrogen) atoms. The third kappa shape index (κ3) is 2.81. The molecular formula is C16H15NO5. The van der Waals surface area contributed by atoms with E-state index >= 15 is 0 Å². The Balaban J connectivity index is 2.89. The van der Waals surface area contributed by atoms with Crippen molar-refractivity contribution < 1.29 is 23.9 Å². The van der Waals surface area contributed by atoms with Crippen LogP contribution in [0.3, 0.4) is 0 Å². The molecule has 1 aromatic carbocycles. The van der Waals surface area contributed by atoms with Gasteiger partial charge in [-0.2, -0.15) is 0 Å². The fourth-order valence-electron chi connectivity index (χ4n) is 2.35. The minimum absolute atomic E-state index is 0.00252. The maximum atomic E-state index is 12.1. The summed E-state index contributed by atoms with van der Waals surface area (Å²) < 4.78 is 9.50. The van der Waals surface area contributed by atoms with Crippen LogP contribution in [0.1, 0.15) is 33.2 Å². The van der Waals surface area contributed by atoms with Crippen molar-refractivity contribution in [3.63, 3.8) is 0 Å². The fourth-order valence-corrected chi connectivity index (χ4v) is 2.35. The van der Waals surface area contributed by atoms with E-state index in [1.54, 1.807) is 24.5 Å². The number of rotatable bonds is 4. The van der Waals surface area contributed by atoms with Crippen molar-refractivity contribution >= 4 is 28.5 Å². The lowest BCUT2D eigenvalue weighted by molar-refractivity contribution is -0.116. The monoisotopic (exact) mass is 301 g/mol. The van der Waals surface area contributed by atoms with Gasteiger partial charge in [-0.3, -0.25) is 9.78 Å². The van der Waals surface area contributed by atoms with Crippen LogP contribution in [0, 0.1) is 0 Å². The molecule has 0 bridgehead atoms. The van der Waals surface area contributed by atoms with Gasteiger partial charge in [0.1, 0.15) is 5.78 Å². The number of pyridine rings is 1. The molecule has 2 aromatic rings. The van der Waals surface area contributed by atoms with Gasteiger partial charge < -0.3 is 9.47 Å². The molecule has 1 heterocycles. The van der Waals surface area contributed by atoms with Crippen LogP contribution in [0.4, 0.5) is 0 Å². The van der Waals surface area contributed by atoms with Crippen LogP contribution in [0.25, 0.3) is 10.8 Å². The van der Waals surface area contributed by atoms with E-state index < -0.39 is 11.9 Å². The molecule has 0 fully saturated rings. The van der Waals surface area contributed by atoms with Gasteiger partial charge in [-0.15, -0.1) is 0 Å². The van der Waals surface area contributed by atoms with Gasteiger partial charge in [0.15, 0.2) is 0 Å². The predicted molar refractivity (Wildman–Crippen MR) is 78.8 cm³/mol. The first-order valence-corrected chi connectivity index (χ1v) is 6.55. The number of methoxy groups -OCH3 is 2. The molecule has 0 aliphatic heterocycles. The summed E-state index contributed by atoms with van der Waals surface area (Å²) in [5.41, 5.74) is 0.541. The molecule has 6 nitrogen and oxygen atoms in total. The van der Waals surface area contributed by atoms with E-state index in [2.05, 4.69) is 4.98 Å². The van der Waals surface area contributed by atoms with E-state index in [0.29, 0.717) is 16.3 Å². The summed E-state index contributed by atoms with van der Waals surface area (Å²) in [6.07, 6.45) is 3.12. The highest BCUT2D eigenvalue weighted by Gasteiger charge is 2.25. The SMILES string of the molecule is COC(=O)c1cc2ccncc2c(CC(C)=O)c1C(=O)OC. The van der Waals surface area contributed by atoms with Crippen LogP contribution >= 0.6 is 0 Å². The number of hydrogen-bond acceptors (Lipinski definition) is 6. The lowest BCUT2D eigenvalue weighted by atomic mass is 9.92. The summed E-state index contributed by atoms with van der Waals surface area (Å²) in [6, 6.07) is 3.24. The van der Waals surface area contributed by atoms with Crippen molar-refractivity contribution in [1.82, 2.24) is 4.98 Å². The summed E-state index contributed by atoms with van der Waals surface area (Å²) in [4.78, 5) is 39.7. The first kappa shape index (κ1) is 15.6. The van der Waals surface area contributed by atoms with Crippen LogP contribution in [0.5, 0.6) is 0 Å². The number of aromatic nitrogens is 1. The lowest BCUT2D eigenvalue weighted by Gasteiger charge is -2.14. The van der Waals surface area contributed by atoms with Crippen molar-refractivity contribution in [2.24, 2.45) is 0 Å². The molecule has 0 N–H and O–H groups in total. The average molecular weight is 301 g/mol. The second kappa shape index (κ2) is 6.34. The Bertz CT molecular complexity index is 766. The van der Waals surface area contributed by atoms with Gasteiger partial charge in [0.05, 0.1) is 25.3 Å². The minimum atomic E-state index is -0.692. The smallest absolute Gasteiger partial charge is 0.339 e. The van der Waals surface area contributed by atoms with Gasteiger partial charge in [0.2, 0.25) is 0 Å². The molecule has 0 radical (unpaired) electrons. The molecule has 0 unspecified atom stereocenters. The van der Waals surface area contributed by atoms with Gasteiger partial charge >= 0.3 is 11.9 Å². The summed E-state index contributed by atoms with van der Waals surface area (Å²) in [5, 5.41) is 1.32. The third-order valence-electron chi connectivity index (χ3n) is 3.27. The number of ether oxygens (including phenoxy) is 2. The maximum absolute atomic E-state index is 12.1. The summed E-state index contributed by atoms with van der Waals surface area (Å²) in [5.74, 6) is -1.50. The molecule has 0 saturated carbocycles. The number of carbonyl (C=O) groups is 3. The third-order valence-corrected chi connectivity index (χ3v) is 3.27. The second-order valence-corrected chi connectivity index (χ2v) is 4.74. The molecule has 0 atom stereocenters. The number of ketones is 1. The highest BCUT2D eigenvalue weighted by Crippen LogP contribution is 2.27. The molecular weight excluding hydrogens is 286 g/mol. The number of fused-ring (bicyclic) bond motifs is 1. The van der Waals surface area contributed by atoms with Crippen LogP contribution in [0.15, 0.2) is 24.5 Å². The predicted octanol–water partition coefficient (Wildman–Crippen LogP) is 1.94. The maximum Gasteiger partial charge on any atom is 0.339 e. The van der Waals surface area contributed by atoms with E-state index in [-0.39, 0.29) is 23.3 Å².